The SMILES string of the molecule is CO[Si](CCCC1=C(O)C=COC1)(OC)OC. The van der Waals surface area contributed by atoms with Crippen LogP contribution in [0.3, 0.4) is 0 Å². The number of hydrogen-bond donors (Lipinski definition) is 1. The quantitative estimate of drug-likeness (QED) is 0.710. The number of aliphatic hydroxyl groups is 1. The molecule has 0 unspecified atom stereocenters. The molecule has 1 rings (SSSR count). The number of ether oxygens (including phenoxy) is 1. The van der Waals surface area contributed by atoms with E-state index in [-0.39, 0.29) is 0 Å². The Morgan fingerprint density at radius 3 is 2.47 bits per heavy atom. The molecule has 5 nitrogen and oxygen atoms in total. The van der Waals surface area contributed by atoms with Crippen molar-refractivity contribution in [3.8, 4) is 0 Å². The van der Waals surface area contributed by atoms with Crippen LogP contribution in [0.2, 0.25) is 6.04 Å². The van der Waals surface area contributed by atoms with Gasteiger partial charge in [-0.1, -0.05) is 0 Å². The van der Waals surface area contributed by atoms with E-state index in [1.54, 1.807) is 27.4 Å². The Morgan fingerprint density at radius 2 is 1.94 bits per heavy atom. The summed E-state index contributed by atoms with van der Waals surface area (Å²) in [6.07, 6.45) is 4.64. The van der Waals surface area contributed by atoms with Gasteiger partial charge in [0.2, 0.25) is 0 Å². The number of allylic oxidation sites excluding steroid dienone is 1. The van der Waals surface area contributed by atoms with E-state index in [0.29, 0.717) is 12.4 Å². The molecule has 0 aromatic carbocycles. The van der Waals surface area contributed by atoms with Gasteiger partial charge in [-0.2, -0.15) is 0 Å². The molecule has 1 aliphatic rings. The molecule has 0 bridgehead atoms. The second kappa shape index (κ2) is 6.80. The Balaban J connectivity index is 2.43. The molecule has 0 amide bonds. The molecule has 0 spiro atoms. The highest BCUT2D eigenvalue weighted by atomic mass is 28.4. The van der Waals surface area contributed by atoms with Gasteiger partial charge in [0.15, 0.2) is 0 Å². The van der Waals surface area contributed by atoms with E-state index in [0.717, 1.165) is 24.5 Å². The van der Waals surface area contributed by atoms with E-state index < -0.39 is 8.80 Å². The Hall–Kier alpha value is -0.823. The van der Waals surface area contributed by atoms with Gasteiger partial charge in [0, 0.05) is 39.0 Å². The molecule has 0 fully saturated rings. The van der Waals surface area contributed by atoms with Crippen molar-refractivity contribution >= 4 is 8.80 Å². The minimum atomic E-state index is -2.49. The van der Waals surface area contributed by atoms with Crippen molar-refractivity contribution in [3.63, 3.8) is 0 Å². The summed E-state index contributed by atoms with van der Waals surface area (Å²) in [6, 6.07) is 0.719. The highest BCUT2D eigenvalue weighted by molar-refractivity contribution is 6.60. The Kier molecular flexibility index (Phi) is 5.70. The summed E-state index contributed by atoms with van der Waals surface area (Å²) in [7, 11) is 2.31. The van der Waals surface area contributed by atoms with Crippen LogP contribution in [0.5, 0.6) is 0 Å². The monoisotopic (exact) mass is 260 g/mol. The smallest absolute Gasteiger partial charge is 0.500 e. The fraction of sp³-hybridized carbons (Fsp3) is 0.636. The second-order valence-electron chi connectivity index (χ2n) is 3.75. The van der Waals surface area contributed by atoms with Crippen LogP contribution in [-0.2, 0) is 18.0 Å². The maximum absolute atomic E-state index is 9.60. The molecular weight excluding hydrogens is 240 g/mol. The highest BCUT2D eigenvalue weighted by Gasteiger charge is 2.36. The first-order valence-corrected chi connectivity index (χ1v) is 7.45. The highest BCUT2D eigenvalue weighted by Crippen LogP contribution is 2.21. The van der Waals surface area contributed by atoms with E-state index in [1.807, 2.05) is 0 Å². The summed E-state index contributed by atoms with van der Waals surface area (Å²) in [4.78, 5) is 0. The summed E-state index contributed by atoms with van der Waals surface area (Å²) < 4.78 is 21.1. The molecule has 0 aromatic heterocycles. The molecule has 0 aliphatic carbocycles. The van der Waals surface area contributed by atoms with Crippen LogP contribution < -0.4 is 0 Å². The third kappa shape index (κ3) is 3.85. The predicted molar refractivity (Wildman–Crippen MR) is 65.6 cm³/mol. The zero-order valence-electron chi connectivity index (χ0n) is 10.6. The summed E-state index contributed by atoms with van der Waals surface area (Å²) in [5.41, 5.74) is 0.902. The van der Waals surface area contributed by atoms with Gasteiger partial charge in [0.25, 0.3) is 0 Å². The van der Waals surface area contributed by atoms with Crippen molar-refractivity contribution in [2.24, 2.45) is 0 Å². The molecule has 17 heavy (non-hydrogen) atoms. The lowest BCUT2D eigenvalue weighted by Gasteiger charge is -2.24. The molecule has 1 aliphatic heterocycles. The fourth-order valence-electron chi connectivity index (χ4n) is 1.73. The molecule has 0 saturated carbocycles. The van der Waals surface area contributed by atoms with E-state index in [2.05, 4.69) is 0 Å². The van der Waals surface area contributed by atoms with Gasteiger partial charge in [-0.3, -0.25) is 0 Å². The van der Waals surface area contributed by atoms with Gasteiger partial charge in [-0.25, -0.2) is 0 Å². The second-order valence-corrected chi connectivity index (χ2v) is 6.84. The molecule has 0 aromatic rings. The normalized spacial score (nSPS) is 16.2. The zero-order chi connectivity index (χ0) is 12.7. The summed E-state index contributed by atoms with van der Waals surface area (Å²) in [5, 5.41) is 9.60. The predicted octanol–water partition coefficient (Wildman–Crippen LogP) is 2.00. The number of hydrogen-bond acceptors (Lipinski definition) is 5. The first kappa shape index (κ1) is 14.2. The summed E-state index contributed by atoms with van der Waals surface area (Å²) in [6.45, 7) is 0.448. The number of aliphatic hydroxyl groups excluding tert-OH is 1. The van der Waals surface area contributed by atoms with Crippen molar-refractivity contribution < 1.29 is 23.1 Å². The average Bonchev–Trinajstić information content (AvgIpc) is 2.37. The van der Waals surface area contributed by atoms with Gasteiger partial charge in [-0.05, 0) is 12.8 Å². The molecule has 0 radical (unpaired) electrons. The van der Waals surface area contributed by atoms with Crippen molar-refractivity contribution in [2.45, 2.75) is 18.9 Å². The lowest BCUT2D eigenvalue weighted by molar-refractivity contribution is 0.123. The summed E-state index contributed by atoms with van der Waals surface area (Å²) in [5.74, 6) is 0.302. The molecule has 1 heterocycles. The zero-order valence-corrected chi connectivity index (χ0v) is 11.6. The first-order chi connectivity index (χ1) is 8.17. The maximum atomic E-state index is 9.60. The van der Waals surface area contributed by atoms with Crippen LogP contribution in [-0.4, -0.2) is 41.8 Å². The van der Waals surface area contributed by atoms with E-state index in [9.17, 15) is 5.11 Å². The first-order valence-electron chi connectivity index (χ1n) is 5.52. The Morgan fingerprint density at radius 1 is 1.29 bits per heavy atom. The van der Waals surface area contributed by atoms with Crippen LogP contribution in [0.15, 0.2) is 23.7 Å². The molecule has 0 atom stereocenters. The topological polar surface area (TPSA) is 57.2 Å². The Bertz CT molecular complexity index is 288. The van der Waals surface area contributed by atoms with Crippen LogP contribution in [0.4, 0.5) is 0 Å². The standard InChI is InChI=1S/C11H20O5Si/c1-13-17(14-2,15-3)8-4-5-10-9-16-7-6-11(10)12/h6-7,12H,4-5,8-9H2,1-3H3. The van der Waals surface area contributed by atoms with Crippen LogP contribution in [0.25, 0.3) is 0 Å². The van der Waals surface area contributed by atoms with E-state index >= 15 is 0 Å². The lowest BCUT2D eigenvalue weighted by atomic mass is 10.1. The third-order valence-corrected chi connectivity index (χ3v) is 5.67. The van der Waals surface area contributed by atoms with Gasteiger partial charge in [0.05, 0.1) is 6.26 Å². The van der Waals surface area contributed by atoms with Gasteiger partial charge in [0.1, 0.15) is 12.4 Å². The third-order valence-electron chi connectivity index (χ3n) is 2.84. The van der Waals surface area contributed by atoms with Crippen LogP contribution >= 0.6 is 0 Å². The van der Waals surface area contributed by atoms with Crippen LogP contribution in [0.1, 0.15) is 12.8 Å². The lowest BCUT2D eigenvalue weighted by Crippen LogP contribution is -2.42. The molecule has 6 heteroatoms. The fourth-order valence-corrected chi connectivity index (χ4v) is 3.45. The minimum Gasteiger partial charge on any atom is -0.508 e. The van der Waals surface area contributed by atoms with Gasteiger partial charge in [-0.15, -0.1) is 0 Å². The largest absolute Gasteiger partial charge is 0.508 e. The Labute approximate surface area is 103 Å². The molecule has 1 N–H and O–H groups in total. The summed E-state index contributed by atoms with van der Waals surface area (Å²) >= 11 is 0. The number of rotatable bonds is 7. The van der Waals surface area contributed by atoms with E-state index in [1.165, 1.54) is 6.26 Å². The average molecular weight is 260 g/mol. The van der Waals surface area contributed by atoms with Crippen molar-refractivity contribution in [2.75, 3.05) is 27.9 Å². The maximum Gasteiger partial charge on any atom is 0.500 e. The van der Waals surface area contributed by atoms with E-state index in [4.69, 9.17) is 18.0 Å². The van der Waals surface area contributed by atoms with Crippen molar-refractivity contribution in [1.29, 1.82) is 0 Å². The van der Waals surface area contributed by atoms with Crippen LogP contribution in [0, 0.1) is 0 Å². The molecular formula is C11H20O5Si. The van der Waals surface area contributed by atoms with Gasteiger partial charge >= 0.3 is 8.80 Å². The minimum absolute atomic E-state index is 0.302. The van der Waals surface area contributed by atoms with Crippen molar-refractivity contribution in [1.82, 2.24) is 0 Å². The van der Waals surface area contributed by atoms with Crippen molar-refractivity contribution in [3.05, 3.63) is 23.7 Å². The molecule has 0 saturated heterocycles. The van der Waals surface area contributed by atoms with Gasteiger partial charge < -0.3 is 23.1 Å². The molecule has 98 valence electrons.